The van der Waals surface area contributed by atoms with Gasteiger partial charge in [-0.15, -0.1) is 34.0 Å². The van der Waals surface area contributed by atoms with Crippen LogP contribution < -0.4 is 0 Å². The van der Waals surface area contributed by atoms with E-state index in [9.17, 15) is 0 Å². The lowest BCUT2D eigenvalue weighted by atomic mass is 10.4. The second kappa shape index (κ2) is 2.56. The van der Waals surface area contributed by atoms with E-state index in [0.29, 0.717) is 0 Å². The molecule has 0 bridgehead atoms. The summed E-state index contributed by atoms with van der Waals surface area (Å²) >= 11 is 5.77. The molecule has 3 heterocycles. The summed E-state index contributed by atoms with van der Waals surface area (Å²) in [7, 11) is 0. The fourth-order valence-corrected chi connectivity index (χ4v) is 5.42. The van der Waals surface area contributed by atoms with Gasteiger partial charge in [-0.2, -0.15) is 0 Å². The van der Waals surface area contributed by atoms with Crippen LogP contribution in [0.15, 0.2) is 12.1 Å². The Kier molecular flexibility index (Phi) is 1.57. The zero-order valence-electron chi connectivity index (χ0n) is 7.38. The molecular formula is C10H8S3. The first-order valence-corrected chi connectivity index (χ1v) is 6.58. The van der Waals surface area contributed by atoms with E-state index in [4.69, 9.17) is 0 Å². The molecule has 0 aliphatic heterocycles. The molecule has 0 fully saturated rings. The van der Waals surface area contributed by atoms with Crippen molar-refractivity contribution in [1.82, 2.24) is 0 Å². The molecule has 66 valence electrons. The van der Waals surface area contributed by atoms with Crippen LogP contribution in [0.2, 0.25) is 0 Å². The van der Waals surface area contributed by atoms with Gasteiger partial charge in [0.2, 0.25) is 0 Å². The summed E-state index contributed by atoms with van der Waals surface area (Å²) in [5.41, 5.74) is 0. The Morgan fingerprint density at radius 1 is 0.769 bits per heavy atom. The number of fused-ring (bicyclic) bond motifs is 3. The van der Waals surface area contributed by atoms with Crippen LogP contribution in [0.3, 0.4) is 0 Å². The normalized spacial score (nSPS) is 11.8. The zero-order valence-corrected chi connectivity index (χ0v) is 9.83. The summed E-state index contributed by atoms with van der Waals surface area (Å²) < 4.78 is 5.92. The second-order valence-corrected chi connectivity index (χ2v) is 6.80. The van der Waals surface area contributed by atoms with Crippen LogP contribution in [-0.2, 0) is 0 Å². The van der Waals surface area contributed by atoms with Crippen molar-refractivity contribution >= 4 is 52.8 Å². The third kappa shape index (κ3) is 1.08. The van der Waals surface area contributed by atoms with E-state index in [2.05, 4.69) is 26.0 Å². The molecule has 3 heteroatoms. The van der Waals surface area contributed by atoms with E-state index < -0.39 is 0 Å². The SMILES string of the molecule is Cc1cc2sc3cc(C)sc3c2s1. The minimum Gasteiger partial charge on any atom is -0.138 e. The van der Waals surface area contributed by atoms with Gasteiger partial charge in [0.1, 0.15) is 0 Å². The molecular weight excluding hydrogens is 216 g/mol. The topological polar surface area (TPSA) is 0 Å². The molecule has 13 heavy (non-hydrogen) atoms. The van der Waals surface area contributed by atoms with Crippen molar-refractivity contribution in [3.05, 3.63) is 21.9 Å². The van der Waals surface area contributed by atoms with Crippen molar-refractivity contribution in [2.24, 2.45) is 0 Å². The predicted octanol–water partition coefficient (Wildman–Crippen LogP) is 4.79. The fraction of sp³-hybridized carbons (Fsp3) is 0.200. The van der Waals surface area contributed by atoms with Gasteiger partial charge in [-0.3, -0.25) is 0 Å². The quantitative estimate of drug-likeness (QED) is 0.515. The molecule has 0 aliphatic rings. The van der Waals surface area contributed by atoms with E-state index in [1.807, 2.05) is 34.0 Å². The molecule has 0 spiro atoms. The summed E-state index contributed by atoms with van der Waals surface area (Å²) in [6.07, 6.45) is 0. The lowest BCUT2D eigenvalue weighted by molar-refractivity contribution is 1.66. The largest absolute Gasteiger partial charge is 0.138 e. The molecule has 0 aliphatic carbocycles. The zero-order chi connectivity index (χ0) is 9.00. The van der Waals surface area contributed by atoms with E-state index >= 15 is 0 Å². The van der Waals surface area contributed by atoms with Gasteiger partial charge in [-0.05, 0) is 26.0 Å². The molecule has 3 rings (SSSR count). The number of aryl methyl sites for hydroxylation is 2. The van der Waals surface area contributed by atoms with Crippen molar-refractivity contribution in [3.63, 3.8) is 0 Å². The van der Waals surface area contributed by atoms with Crippen LogP contribution in [0.25, 0.3) is 18.8 Å². The van der Waals surface area contributed by atoms with E-state index in [1.54, 1.807) is 0 Å². The third-order valence-electron chi connectivity index (χ3n) is 2.07. The molecule has 0 unspecified atom stereocenters. The highest BCUT2D eigenvalue weighted by molar-refractivity contribution is 7.38. The predicted molar refractivity (Wildman–Crippen MR) is 64.6 cm³/mol. The lowest BCUT2D eigenvalue weighted by Gasteiger charge is -1.76. The van der Waals surface area contributed by atoms with Crippen LogP contribution in [0.4, 0.5) is 0 Å². The Morgan fingerprint density at radius 2 is 1.23 bits per heavy atom. The highest BCUT2D eigenvalue weighted by Gasteiger charge is 2.09. The maximum absolute atomic E-state index is 2.30. The van der Waals surface area contributed by atoms with Crippen molar-refractivity contribution in [2.75, 3.05) is 0 Å². The Labute approximate surface area is 88.4 Å². The van der Waals surface area contributed by atoms with Crippen LogP contribution in [0.5, 0.6) is 0 Å². The molecule has 0 atom stereocenters. The molecule has 0 saturated carbocycles. The Hall–Kier alpha value is -0.380. The Balaban J connectivity index is 2.56. The van der Waals surface area contributed by atoms with E-state index in [1.165, 1.54) is 28.6 Å². The number of thiophene rings is 3. The van der Waals surface area contributed by atoms with Gasteiger partial charge in [0, 0.05) is 19.2 Å². The second-order valence-electron chi connectivity index (χ2n) is 3.20. The molecule has 0 N–H and O–H groups in total. The highest BCUT2D eigenvalue weighted by atomic mass is 32.1. The Morgan fingerprint density at radius 3 is 1.69 bits per heavy atom. The molecule has 3 aromatic heterocycles. The first-order chi connectivity index (χ1) is 6.24. The molecule has 0 saturated heterocycles. The lowest BCUT2D eigenvalue weighted by Crippen LogP contribution is -1.47. The monoisotopic (exact) mass is 224 g/mol. The van der Waals surface area contributed by atoms with E-state index in [-0.39, 0.29) is 0 Å². The van der Waals surface area contributed by atoms with Crippen molar-refractivity contribution in [3.8, 4) is 0 Å². The van der Waals surface area contributed by atoms with Gasteiger partial charge in [0.25, 0.3) is 0 Å². The molecule has 0 nitrogen and oxygen atoms in total. The average molecular weight is 224 g/mol. The van der Waals surface area contributed by atoms with Crippen molar-refractivity contribution in [2.45, 2.75) is 13.8 Å². The standard InChI is InChI=1S/C10H8S3/c1-5-3-7-9(11-5)10-8(13-7)4-6(2)12-10/h3-4H,1-2H3. The van der Waals surface area contributed by atoms with Gasteiger partial charge in [-0.25, -0.2) is 0 Å². The first-order valence-electron chi connectivity index (χ1n) is 4.13. The minimum absolute atomic E-state index is 1.43. The number of hydrogen-bond acceptors (Lipinski definition) is 3. The van der Waals surface area contributed by atoms with Gasteiger partial charge in [0.05, 0.1) is 9.40 Å². The van der Waals surface area contributed by atoms with Gasteiger partial charge >= 0.3 is 0 Å². The van der Waals surface area contributed by atoms with Gasteiger partial charge in [0.15, 0.2) is 0 Å². The van der Waals surface area contributed by atoms with Crippen LogP contribution in [0, 0.1) is 13.8 Å². The molecule has 3 aromatic rings. The summed E-state index contributed by atoms with van der Waals surface area (Å²) in [5.74, 6) is 0. The molecule has 0 aromatic carbocycles. The van der Waals surface area contributed by atoms with Crippen LogP contribution >= 0.6 is 34.0 Å². The van der Waals surface area contributed by atoms with Crippen LogP contribution in [0.1, 0.15) is 9.75 Å². The summed E-state index contributed by atoms with van der Waals surface area (Å²) in [5, 5.41) is 0. The third-order valence-corrected chi connectivity index (χ3v) is 5.68. The van der Waals surface area contributed by atoms with Crippen molar-refractivity contribution < 1.29 is 0 Å². The molecule has 0 radical (unpaired) electrons. The minimum atomic E-state index is 1.43. The van der Waals surface area contributed by atoms with Gasteiger partial charge < -0.3 is 0 Å². The summed E-state index contributed by atoms with van der Waals surface area (Å²) in [6.45, 7) is 4.37. The Bertz CT molecular complexity index is 529. The number of hydrogen-bond donors (Lipinski definition) is 0. The van der Waals surface area contributed by atoms with E-state index in [0.717, 1.165) is 0 Å². The number of rotatable bonds is 0. The maximum Gasteiger partial charge on any atom is 0.0632 e. The summed E-state index contributed by atoms with van der Waals surface area (Å²) in [4.78, 5) is 2.85. The highest BCUT2D eigenvalue weighted by Crippen LogP contribution is 2.43. The smallest absolute Gasteiger partial charge is 0.0632 e. The molecule has 0 amide bonds. The average Bonchev–Trinajstić information content (AvgIpc) is 2.60. The maximum atomic E-state index is 2.30. The fourth-order valence-electron chi connectivity index (χ4n) is 1.57. The van der Waals surface area contributed by atoms with Crippen molar-refractivity contribution in [1.29, 1.82) is 0 Å². The summed E-state index contributed by atoms with van der Waals surface area (Å²) in [6, 6.07) is 4.60. The van der Waals surface area contributed by atoms with Gasteiger partial charge in [-0.1, -0.05) is 0 Å². The van der Waals surface area contributed by atoms with Crippen LogP contribution in [-0.4, -0.2) is 0 Å². The first kappa shape index (κ1) is 7.97.